The Morgan fingerprint density at radius 2 is 1.95 bits per heavy atom. The molecule has 1 unspecified atom stereocenters. The van der Waals surface area contributed by atoms with Gasteiger partial charge in [0.1, 0.15) is 6.04 Å². The van der Waals surface area contributed by atoms with Gasteiger partial charge in [-0.1, -0.05) is 0 Å². The molecular weight excluding hydrogens is 296 g/mol. The average Bonchev–Trinajstić information content (AvgIpc) is 2.52. The van der Waals surface area contributed by atoms with Gasteiger partial charge in [0.05, 0.1) is 19.3 Å². The number of nitrogens with zero attached hydrogens (tertiary/aromatic N) is 2. The van der Waals surface area contributed by atoms with Gasteiger partial charge in [-0.25, -0.2) is 9.59 Å². The van der Waals surface area contributed by atoms with Crippen LogP contribution in [0.2, 0.25) is 0 Å². The monoisotopic (exact) mass is 318 g/mol. The Labute approximate surface area is 128 Å². The third-order valence-electron chi connectivity index (χ3n) is 3.82. The fourth-order valence-electron chi connectivity index (χ4n) is 2.65. The van der Waals surface area contributed by atoms with Gasteiger partial charge in [0.25, 0.3) is 0 Å². The third kappa shape index (κ3) is 4.24. The first-order chi connectivity index (χ1) is 10.1. The lowest BCUT2D eigenvalue weighted by Gasteiger charge is -2.39. The Morgan fingerprint density at radius 1 is 1.24 bits per heavy atom. The fraction of sp³-hybridized carbons (Fsp3) is 0.846. The van der Waals surface area contributed by atoms with Gasteiger partial charge in [-0.2, -0.15) is 11.8 Å². The summed E-state index contributed by atoms with van der Waals surface area (Å²) < 4.78 is 5.47. The summed E-state index contributed by atoms with van der Waals surface area (Å²) in [4.78, 5) is 26.9. The highest BCUT2D eigenvalue weighted by atomic mass is 32.2. The zero-order chi connectivity index (χ0) is 15.2. The number of piperidine rings is 1. The van der Waals surface area contributed by atoms with E-state index in [-0.39, 0.29) is 18.7 Å². The number of hydrogen-bond acceptors (Lipinski definition) is 5. The maximum Gasteiger partial charge on any atom is 0.327 e. The molecule has 2 heterocycles. The molecule has 8 heteroatoms. The summed E-state index contributed by atoms with van der Waals surface area (Å²) in [5.74, 6) is 0.305. The molecule has 7 nitrogen and oxygen atoms in total. The number of aliphatic hydroxyl groups excluding tert-OH is 1. The van der Waals surface area contributed by atoms with Crippen LogP contribution in [0.25, 0.3) is 0 Å². The maximum atomic E-state index is 12.5. The van der Waals surface area contributed by atoms with Crippen molar-refractivity contribution in [3.63, 3.8) is 0 Å². The minimum atomic E-state index is -0.934. The Bertz CT molecular complexity index is 374. The van der Waals surface area contributed by atoms with Crippen LogP contribution in [-0.2, 0) is 9.53 Å². The lowest BCUT2D eigenvalue weighted by Crippen LogP contribution is -2.56. The molecule has 2 fully saturated rings. The molecule has 2 amide bonds. The van der Waals surface area contributed by atoms with E-state index in [4.69, 9.17) is 9.84 Å². The van der Waals surface area contributed by atoms with E-state index in [0.717, 1.165) is 18.6 Å². The molecule has 0 bridgehead atoms. The van der Waals surface area contributed by atoms with E-state index in [1.54, 1.807) is 16.7 Å². The summed E-state index contributed by atoms with van der Waals surface area (Å²) in [6.45, 7) is 1.96. The molecule has 0 saturated carbocycles. The highest BCUT2D eigenvalue weighted by Gasteiger charge is 2.35. The molecule has 0 aromatic carbocycles. The third-order valence-corrected chi connectivity index (χ3v) is 4.84. The van der Waals surface area contributed by atoms with Crippen molar-refractivity contribution in [2.45, 2.75) is 25.0 Å². The van der Waals surface area contributed by atoms with Gasteiger partial charge in [0, 0.05) is 31.1 Å². The number of carboxylic acid groups (broad SMARTS) is 1. The van der Waals surface area contributed by atoms with Crippen LogP contribution in [0.15, 0.2) is 0 Å². The Morgan fingerprint density at radius 3 is 2.57 bits per heavy atom. The van der Waals surface area contributed by atoms with Crippen LogP contribution < -0.4 is 0 Å². The van der Waals surface area contributed by atoms with Crippen molar-refractivity contribution in [3.05, 3.63) is 0 Å². The number of thioether (sulfide) groups is 1. The van der Waals surface area contributed by atoms with Crippen LogP contribution >= 0.6 is 11.8 Å². The van der Waals surface area contributed by atoms with Crippen molar-refractivity contribution in [1.82, 2.24) is 9.80 Å². The van der Waals surface area contributed by atoms with E-state index in [1.807, 2.05) is 0 Å². The van der Waals surface area contributed by atoms with Crippen molar-refractivity contribution in [2.75, 3.05) is 44.4 Å². The first kappa shape index (κ1) is 16.4. The van der Waals surface area contributed by atoms with E-state index in [0.29, 0.717) is 32.0 Å². The number of carbonyl (C=O) groups is 2. The van der Waals surface area contributed by atoms with E-state index in [2.05, 4.69) is 0 Å². The summed E-state index contributed by atoms with van der Waals surface area (Å²) >= 11 is 1.57. The van der Waals surface area contributed by atoms with Gasteiger partial charge in [-0.05, 0) is 12.8 Å². The molecular formula is C13H22N2O5S. The molecule has 2 N–H and O–H groups in total. The summed E-state index contributed by atoms with van der Waals surface area (Å²) in [6.07, 6.45) is 1.53. The zero-order valence-corrected chi connectivity index (χ0v) is 12.8. The molecule has 120 valence electrons. The van der Waals surface area contributed by atoms with Crippen molar-refractivity contribution in [1.29, 1.82) is 0 Å². The maximum absolute atomic E-state index is 12.5. The van der Waals surface area contributed by atoms with E-state index < -0.39 is 12.0 Å². The second-order valence-electron chi connectivity index (χ2n) is 5.19. The summed E-state index contributed by atoms with van der Waals surface area (Å²) in [7, 11) is 0. The molecule has 2 rings (SSSR count). The molecule has 1 atom stereocenters. The van der Waals surface area contributed by atoms with Gasteiger partial charge in [-0.3, -0.25) is 0 Å². The van der Waals surface area contributed by atoms with Crippen molar-refractivity contribution in [2.24, 2.45) is 0 Å². The van der Waals surface area contributed by atoms with Gasteiger partial charge >= 0.3 is 12.0 Å². The number of hydrogen-bond donors (Lipinski definition) is 2. The van der Waals surface area contributed by atoms with Crippen LogP contribution in [0, 0.1) is 0 Å². The van der Waals surface area contributed by atoms with Crippen molar-refractivity contribution >= 4 is 23.8 Å². The van der Waals surface area contributed by atoms with Crippen LogP contribution in [0.4, 0.5) is 4.79 Å². The number of aliphatic carboxylic acids is 1. The Balaban J connectivity index is 1.87. The summed E-state index contributed by atoms with van der Waals surface area (Å²) in [6, 6.07) is -0.900. The number of amides is 2. The fourth-order valence-corrected chi connectivity index (χ4v) is 3.69. The molecule has 0 spiro atoms. The minimum Gasteiger partial charge on any atom is -0.480 e. The largest absolute Gasteiger partial charge is 0.480 e. The second kappa shape index (κ2) is 7.86. The van der Waals surface area contributed by atoms with Crippen molar-refractivity contribution in [3.8, 4) is 0 Å². The summed E-state index contributed by atoms with van der Waals surface area (Å²) in [5, 5.41) is 18.0. The molecule has 0 aromatic heterocycles. The first-order valence-corrected chi connectivity index (χ1v) is 8.37. The molecule has 2 aliphatic heterocycles. The van der Waals surface area contributed by atoms with Crippen molar-refractivity contribution < 1.29 is 24.5 Å². The predicted octanol–water partition coefficient (Wildman–Crippen LogP) is 0.0817. The predicted molar refractivity (Wildman–Crippen MR) is 78.5 cm³/mol. The molecule has 2 saturated heterocycles. The molecule has 0 radical (unpaired) electrons. The molecule has 2 aliphatic rings. The average molecular weight is 318 g/mol. The topological polar surface area (TPSA) is 90.3 Å². The normalized spacial score (nSPS) is 24.1. The second-order valence-corrected chi connectivity index (χ2v) is 6.34. The Hall–Kier alpha value is -0.990. The smallest absolute Gasteiger partial charge is 0.327 e. The molecule has 21 heavy (non-hydrogen) atoms. The summed E-state index contributed by atoms with van der Waals surface area (Å²) in [5.41, 5.74) is 0. The number of ether oxygens (including phenoxy) is 1. The number of rotatable bonds is 4. The quantitative estimate of drug-likeness (QED) is 0.763. The van der Waals surface area contributed by atoms with Crippen LogP contribution in [-0.4, -0.2) is 88.5 Å². The standard InChI is InChI=1S/C13H22N2O5S/c16-6-7-20-10-1-3-14(4-2-10)13(19)15-5-8-21-9-11(15)12(17)18/h10-11,16H,1-9H2,(H,17,18). The van der Waals surface area contributed by atoms with Gasteiger partial charge < -0.3 is 24.7 Å². The SMILES string of the molecule is O=C(O)C1CSCCN1C(=O)N1CCC(OCCO)CC1. The lowest BCUT2D eigenvalue weighted by atomic mass is 10.1. The molecule has 0 aliphatic carbocycles. The van der Waals surface area contributed by atoms with Crippen LogP contribution in [0.5, 0.6) is 0 Å². The number of carboxylic acids is 1. The first-order valence-electron chi connectivity index (χ1n) is 7.22. The van der Waals surface area contributed by atoms with Gasteiger partial charge in [-0.15, -0.1) is 0 Å². The van der Waals surface area contributed by atoms with E-state index in [1.165, 1.54) is 4.90 Å². The highest BCUT2D eigenvalue weighted by Crippen LogP contribution is 2.21. The number of carbonyl (C=O) groups excluding carboxylic acids is 1. The Kier molecular flexibility index (Phi) is 6.13. The van der Waals surface area contributed by atoms with E-state index in [9.17, 15) is 14.7 Å². The number of aliphatic hydroxyl groups is 1. The van der Waals surface area contributed by atoms with E-state index >= 15 is 0 Å². The zero-order valence-electron chi connectivity index (χ0n) is 11.9. The molecule has 0 aromatic rings. The minimum absolute atomic E-state index is 0.00484. The van der Waals surface area contributed by atoms with Crippen LogP contribution in [0.1, 0.15) is 12.8 Å². The highest BCUT2D eigenvalue weighted by molar-refractivity contribution is 7.99. The number of likely N-dealkylation sites (tertiary alicyclic amines) is 1. The number of urea groups is 1. The van der Waals surface area contributed by atoms with Gasteiger partial charge in [0.15, 0.2) is 0 Å². The van der Waals surface area contributed by atoms with Crippen LogP contribution in [0.3, 0.4) is 0 Å². The lowest BCUT2D eigenvalue weighted by molar-refractivity contribution is -0.141. The van der Waals surface area contributed by atoms with Gasteiger partial charge in [0.2, 0.25) is 0 Å².